The van der Waals surface area contributed by atoms with Crippen molar-refractivity contribution in [2.24, 2.45) is 10.2 Å². The number of nitrogens with zero attached hydrogens (tertiary/aromatic N) is 3. The largest absolute Gasteiger partial charge is 0.338 e. The van der Waals surface area contributed by atoms with Crippen LogP contribution in [-0.2, 0) is 16.1 Å². The maximum absolute atomic E-state index is 12.5. The number of benzene rings is 2. The van der Waals surface area contributed by atoms with Gasteiger partial charge in [0.1, 0.15) is 12.6 Å². The van der Waals surface area contributed by atoms with Crippen molar-refractivity contribution in [3.8, 4) is 0 Å². The van der Waals surface area contributed by atoms with E-state index in [-0.39, 0.29) is 24.4 Å². The Morgan fingerprint density at radius 2 is 2.04 bits per heavy atom. The van der Waals surface area contributed by atoms with E-state index in [1.807, 2.05) is 60.2 Å². The Bertz CT molecular complexity index is 1080. The molecule has 134 valence electrons. The number of azo groups is 1. The molecule has 6 nitrogen and oxygen atoms in total. The lowest BCUT2D eigenvalue weighted by molar-refractivity contribution is -0.116. The van der Waals surface area contributed by atoms with Crippen molar-refractivity contribution in [1.29, 1.82) is 0 Å². The summed E-state index contributed by atoms with van der Waals surface area (Å²) in [5.74, 6) is -0.464. The van der Waals surface area contributed by atoms with Gasteiger partial charge in [-0.25, -0.2) is 0 Å². The van der Waals surface area contributed by atoms with Gasteiger partial charge < -0.3 is 9.88 Å². The Labute approximate surface area is 156 Å². The van der Waals surface area contributed by atoms with E-state index < -0.39 is 0 Å². The van der Waals surface area contributed by atoms with Crippen LogP contribution in [-0.4, -0.2) is 16.4 Å². The summed E-state index contributed by atoms with van der Waals surface area (Å²) in [6.07, 6.45) is 5.10. The molecule has 0 radical (unpaired) electrons. The standard InChI is InChI=1S/C21H18N4O2/c1-14-12-25(19-8-3-2-7-17(14)19)13-21(27)22-16-6-4-5-15(11-16)18-9-10-20(26)24-23-18/h2-12,18H,13H2,1H3,(H,22,27). The molecule has 6 heteroatoms. The summed E-state index contributed by atoms with van der Waals surface area (Å²) >= 11 is 0. The van der Waals surface area contributed by atoms with Gasteiger partial charge in [0.2, 0.25) is 5.91 Å². The van der Waals surface area contributed by atoms with Crippen LogP contribution in [0.2, 0.25) is 0 Å². The fraction of sp³-hybridized carbons (Fsp3) is 0.143. The number of hydrogen-bond donors (Lipinski definition) is 1. The maximum atomic E-state index is 12.5. The molecule has 4 rings (SSSR count). The first-order valence-corrected chi connectivity index (χ1v) is 8.67. The van der Waals surface area contributed by atoms with E-state index in [2.05, 4.69) is 21.6 Å². The van der Waals surface area contributed by atoms with E-state index in [4.69, 9.17) is 0 Å². The third-order valence-electron chi connectivity index (χ3n) is 4.52. The SMILES string of the molecule is Cc1cn(CC(=O)Nc2cccc(C3C=CC(=O)N=N3)c2)c2ccccc12. The van der Waals surface area contributed by atoms with Crippen LogP contribution in [0.5, 0.6) is 0 Å². The number of aryl methyl sites for hydroxylation is 1. The summed E-state index contributed by atoms with van der Waals surface area (Å²) in [6.45, 7) is 2.27. The van der Waals surface area contributed by atoms with Crippen molar-refractivity contribution in [1.82, 2.24) is 4.57 Å². The number of para-hydroxylation sites is 1. The molecule has 2 aromatic carbocycles. The van der Waals surface area contributed by atoms with E-state index in [0.29, 0.717) is 5.69 Å². The van der Waals surface area contributed by atoms with Crippen molar-refractivity contribution in [3.05, 3.63) is 78.0 Å². The van der Waals surface area contributed by atoms with Crippen LogP contribution in [0.4, 0.5) is 5.69 Å². The summed E-state index contributed by atoms with van der Waals surface area (Å²) in [5, 5.41) is 11.6. The van der Waals surface area contributed by atoms with Gasteiger partial charge in [-0.3, -0.25) is 9.59 Å². The van der Waals surface area contributed by atoms with Crippen LogP contribution in [0.15, 0.2) is 77.1 Å². The summed E-state index contributed by atoms with van der Waals surface area (Å²) in [7, 11) is 0. The average molecular weight is 358 g/mol. The minimum absolute atomic E-state index is 0.108. The van der Waals surface area contributed by atoms with Crippen molar-refractivity contribution in [2.75, 3.05) is 5.32 Å². The molecule has 1 N–H and O–H groups in total. The van der Waals surface area contributed by atoms with Gasteiger partial charge in [0.05, 0.1) is 0 Å². The number of rotatable bonds is 4. The van der Waals surface area contributed by atoms with Crippen LogP contribution in [0.25, 0.3) is 10.9 Å². The van der Waals surface area contributed by atoms with Crippen molar-refractivity contribution < 1.29 is 9.59 Å². The van der Waals surface area contributed by atoms with E-state index in [0.717, 1.165) is 22.0 Å². The number of aromatic nitrogens is 1. The van der Waals surface area contributed by atoms with E-state index in [1.54, 1.807) is 6.08 Å². The van der Waals surface area contributed by atoms with Crippen molar-refractivity contribution in [2.45, 2.75) is 19.5 Å². The molecule has 0 saturated heterocycles. The van der Waals surface area contributed by atoms with Gasteiger partial charge in [0.15, 0.2) is 0 Å². The zero-order valence-electron chi connectivity index (χ0n) is 14.8. The Hall–Kier alpha value is -3.54. The number of amides is 2. The van der Waals surface area contributed by atoms with Gasteiger partial charge >= 0.3 is 0 Å². The number of anilines is 1. The summed E-state index contributed by atoms with van der Waals surface area (Å²) in [4.78, 5) is 23.6. The van der Waals surface area contributed by atoms with Crippen molar-refractivity contribution in [3.63, 3.8) is 0 Å². The zero-order chi connectivity index (χ0) is 18.8. The highest BCUT2D eigenvalue weighted by Gasteiger charge is 2.13. The Balaban J connectivity index is 1.50. The van der Waals surface area contributed by atoms with Crippen LogP contribution in [0.1, 0.15) is 17.2 Å². The van der Waals surface area contributed by atoms with Crippen molar-refractivity contribution >= 4 is 28.4 Å². The first-order valence-electron chi connectivity index (χ1n) is 8.67. The molecule has 3 aromatic rings. The first-order chi connectivity index (χ1) is 13.1. The first kappa shape index (κ1) is 16.9. The monoisotopic (exact) mass is 358 g/mol. The molecule has 0 bridgehead atoms. The Kier molecular flexibility index (Phi) is 4.38. The molecule has 1 aliphatic rings. The molecule has 0 aliphatic carbocycles. The molecule has 2 amide bonds. The second kappa shape index (κ2) is 6.99. The average Bonchev–Trinajstić information content (AvgIpc) is 2.98. The lowest BCUT2D eigenvalue weighted by Crippen LogP contribution is -2.18. The lowest BCUT2D eigenvalue weighted by atomic mass is 10.1. The predicted molar refractivity (Wildman–Crippen MR) is 103 cm³/mol. The van der Waals surface area contributed by atoms with Crippen LogP contribution >= 0.6 is 0 Å². The Morgan fingerprint density at radius 1 is 1.19 bits per heavy atom. The molecular weight excluding hydrogens is 340 g/mol. The molecule has 27 heavy (non-hydrogen) atoms. The molecule has 0 saturated carbocycles. The molecule has 1 aromatic heterocycles. The number of hydrogen-bond acceptors (Lipinski definition) is 3. The number of carbonyl (C=O) groups is 2. The van der Waals surface area contributed by atoms with Gasteiger partial charge in [-0.2, -0.15) is 5.11 Å². The topological polar surface area (TPSA) is 75.8 Å². The second-order valence-corrected chi connectivity index (χ2v) is 6.49. The van der Waals surface area contributed by atoms with Gasteiger partial charge in [-0.05, 0) is 42.3 Å². The quantitative estimate of drug-likeness (QED) is 0.760. The third-order valence-corrected chi connectivity index (χ3v) is 4.52. The highest BCUT2D eigenvalue weighted by molar-refractivity contribution is 5.92. The lowest BCUT2D eigenvalue weighted by Gasteiger charge is -2.12. The molecule has 1 aliphatic heterocycles. The van der Waals surface area contributed by atoms with E-state index >= 15 is 0 Å². The number of nitrogens with one attached hydrogen (secondary N) is 1. The molecule has 1 unspecified atom stereocenters. The van der Waals surface area contributed by atoms with Gasteiger partial charge in [-0.1, -0.05) is 30.3 Å². The minimum atomic E-state index is -0.357. The predicted octanol–water partition coefficient (Wildman–Crippen LogP) is 4.18. The third kappa shape index (κ3) is 3.55. The second-order valence-electron chi connectivity index (χ2n) is 6.49. The normalized spacial score (nSPS) is 16.0. The molecule has 0 fully saturated rings. The van der Waals surface area contributed by atoms with E-state index in [1.165, 1.54) is 6.08 Å². The summed E-state index contributed by atoms with van der Waals surface area (Å²) in [5.41, 5.74) is 3.73. The highest BCUT2D eigenvalue weighted by atomic mass is 16.2. The summed E-state index contributed by atoms with van der Waals surface area (Å²) in [6, 6.07) is 15.1. The van der Waals surface area contributed by atoms with Crippen LogP contribution < -0.4 is 5.32 Å². The smallest absolute Gasteiger partial charge is 0.287 e. The number of carbonyl (C=O) groups excluding carboxylic acids is 2. The van der Waals surface area contributed by atoms with Gasteiger partial charge in [-0.15, -0.1) is 5.11 Å². The molecule has 0 spiro atoms. The fourth-order valence-electron chi connectivity index (χ4n) is 3.26. The highest BCUT2D eigenvalue weighted by Crippen LogP contribution is 2.25. The van der Waals surface area contributed by atoms with Gasteiger partial charge in [0, 0.05) is 28.9 Å². The summed E-state index contributed by atoms with van der Waals surface area (Å²) < 4.78 is 1.95. The zero-order valence-corrected chi connectivity index (χ0v) is 14.8. The Morgan fingerprint density at radius 3 is 2.85 bits per heavy atom. The molecule has 2 heterocycles. The maximum Gasteiger partial charge on any atom is 0.287 e. The van der Waals surface area contributed by atoms with Crippen LogP contribution in [0, 0.1) is 6.92 Å². The fourth-order valence-corrected chi connectivity index (χ4v) is 3.26. The minimum Gasteiger partial charge on any atom is -0.338 e. The van der Waals surface area contributed by atoms with E-state index in [9.17, 15) is 9.59 Å². The van der Waals surface area contributed by atoms with Gasteiger partial charge in [0.25, 0.3) is 5.91 Å². The number of fused-ring (bicyclic) bond motifs is 1. The molecular formula is C21H18N4O2. The molecule has 1 atom stereocenters. The van der Waals surface area contributed by atoms with Crippen LogP contribution in [0.3, 0.4) is 0 Å².